The van der Waals surface area contributed by atoms with Crippen molar-refractivity contribution >= 4 is 23.6 Å². The Labute approximate surface area is 153 Å². The number of thioether (sulfide) groups is 1. The van der Waals surface area contributed by atoms with E-state index in [0.29, 0.717) is 18.7 Å². The fraction of sp³-hybridized carbons (Fsp3) is 0.579. The maximum absolute atomic E-state index is 12.7. The Kier molecular flexibility index (Phi) is 5.27. The molecule has 1 aromatic carbocycles. The molecule has 1 aromatic rings. The predicted molar refractivity (Wildman–Crippen MR) is 99.9 cm³/mol. The molecule has 25 heavy (non-hydrogen) atoms. The van der Waals surface area contributed by atoms with Gasteiger partial charge < -0.3 is 14.5 Å². The lowest BCUT2D eigenvalue weighted by atomic mass is 9.99. The van der Waals surface area contributed by atoms with Crippen LogP contribution < -0.4 is 4.74 Å². The molecular formula is C19H26N2O3S. The number of amides is 2. The fourth-order valence-electron chi connectivity index (χ4n) is 3.62. The highest BCUT2D eigenvalue weighted by atomic mass is 32.2. The molecule has 0 saturated carbocycles. The van der Waals surface area contributed by atoms with Gasteiger partial charge in [-0.3, -0.25) is 9.59 Å². The summed E-state index contributed by atoms with van der Waals surface area (Å²) in [6.45, 7) is 6.14. The second-order valence-electron chi connectivity index (χ2n) is 6.96. The molecule has 0 unspecified atom stereocenters. The molecule has 0 aromatic heterocycles. The van der Waals surface area contributed by atoms with Crippen LogP contribution in [0.3, 0.4) is 0 Å². The molecule has 0 bridgehead atoms. The van der Waals surface area contributed by atoms with Gasteiger partial charge in [-0.05, 0) is 37.1 Å². The Morgan fingerprint density at radius 3 is 2.32 bits per heavy atom. The van der Waals surface area contributed by atoms with Gasteiger partial charge in [-0.1, -0.05) is 13.8 Å². The molecular weight excluding hydrogens is 336 g/mol. The largest absolute Gasteiger partial charge is 0.497 e. The fourth-order valence-corrected chi connectivity index (χ4v) is 5.08. The molecule has 0 atom stereocenters. The summed E-state index contributed by atoms with van der Waals surface area (Å²) in [6.07, 6.45) is 1.69. The van der Waals surface area contributed by atoms with Crippen LogP contribution in [0.1, 0.15) is 37.0 Å². The number of methoxy groups -OCH3 is 1. The molecule has 3 rings (SSSR count). The summed E-state index contributed by atoms with van der Waals surface area (Å²) in [5.41, 5.74) is 0.686. The molecule has 0 N–H and O–H groups in total. The molecule has 6 heteroatoms. The van der Waals surface area contributed by atoms with Gasteiger partial charge in [0.05, 0.1) is 12.0 Å². The zero-order valence-corrected chi connectivity index (χ0v) is 16.0. The van der Waals surface area contributed by atoms with Gasteiger partial charge in [-0.25, -0.2) is 0 Å². The first-order valence-corrected chi connectivity index (χ1v) is 9.84. The third-order valence-corrected chi connectivity index (χ3v) is 6.66. The molecule has 2 amide bonds. The number of carbonyl (C=O) groups is 2. The maximum atomic E-state index is 12.7. The lowest BCUT2D eigenvalue weighted by Crippen LogP contribution is -2.54. The molecule has 2 aliphatic rings. The van der Waals surface area contributed by atoms with Gasteiger partial charge >= 0.3 is 0 Å². The highest BCUT2D eigenvalue weighted by Crippen LogP contribution is 2.44. The van der Waals surface area contributed by atoms with Crippen molar-refractivity contribution in [2.75, 3.05) is 32.5 Å². The smallest absolute Gasteiger partial charge is 0.253 e. The summed E-state index contributed by atoms with van der Waals surface area (Å²) in [5, 5.41) is 0. The van der Waals surface area contributed by atoms with E-state index < -0.39 is 0 Å². The summed E-state index contributed by atoms with van der Waals surface area (Å²) in [5.74, 6) is 2.06. The van der Waals surface area contributed by atoms with Crippen LogP contribution in [0.5, 0.6) is 5.75 Å². The average Bonchev–Trinajstić information content (AvgIpc) is 3.04. The van der Waals surface area contributed by atoms with E-state index >= 15 is 0 Å². The molecule has 2 aliphatic heterocycles. The number of nitrogens with zero attached hydrogens (tertiary/aromatic N) is 2. The van der Waals surface area contributed by atoms with Crippen LogP contribution in [0.2, 0.25) is 0 Å². The van der Waals surface area contributed by atoms with E-state index in [2.05, 4.69) is 4.90 Å². The number of carbonyl (C=O) groups excluding carboxylic acids is 2. The minimum Gasteiger partial charge on any atom is -0.497 e. The number of hydrogen-bond donors (Lipinski definition) is 0. The average molecular weight is 362 g/mol. The number of ether oxygens (including phenoxy) is 1. The first-order valence-electron chi connectivity index (χ1n) is 8.85. The van der Waals surface area contributed by atoms with Gasteiger partial charge in [0.2, 0.25) is 5.91 Å². The van der Waals surface area contributed by atoms with E-state index in [9.17, 15) is 9.59 Å². The third-order valence-electron chi connectivity index (χ3n) is 5.11. The molecule has 5 nitrogen and oxygen atoms in total. The number of benzene rings is 1. The maximum Gasteiger partial charge on any atom is 0.253 e. The van der Waals surface area contributed by atoms with Gasteiger partial charge in [0.1, 0.15) is 5.75 Å². The van der Waals surface area contributed by atoms with Crippen LogP contribution in [0.4, 0.5) is 0 Å². The lowest BCUT2D eigenvalue weighted by molar-refractivity contribution is -0.137. The summed E-state index contributed by atoms with van der Waals surface area (Å²) in [6, 6.07) is 7.25. The van der Waals surface area contributed by atoms with Crippen molar-refractivity contribution in [1.82, 2.24) is 9.80 Å². The van der Waals surface area contributed by atoms with Crippen LogP contribution >= 0.6 is 11.8 Å². The van der Waals surface area contributed by atoms with E-state index in [1.807, 2.05) is 54.8 Å². The lowest BCUT2D eigenvalue weighted by Gasteiger charge is -2.44. The van der Waals surface area contributed by atoms with Crippen molar-refractivity contribution in [3.63, 3.8) is 0 Å². The van der Waals surface area contributed by atoms with Crippen molar-refractivity contribution in [1.29, 1.82) is 0 Å². The van der Waals surface area contributed by atoms with E-state index in [1.165, 1.54) is 0 Å². The third kappa shape index (κ3) is 3.50. The van der Waals surface area contributed by atoms with Crippen LogP contribution in [0, 0.1) is 5.92 Å². The molecule has 2 heterocycles. The van der Waals surface area contributed by atoms with Crippen LogP contribution in [0.25, 0.3) is 0 Å². The second-order valence-corrected chi connectivity index (χ2v) is 8.42. The standard InChI is InChI=1S/C19H26N2O3S/c1-14(2)17(22)21-12-13-25-19(21)8-10-20(11-9-19)18(23)15-4-6-16(24-3)7-5-15/h4-7,14H,8-13H2,1-3H3. The zero-order chi connectivity index (χ0) is 18.0. The Morgan fingerprint density at radius 1 is 1.12 bits per heavy atom. The van der Waals surface area contributed by atoms with Crippen molar-refractivity contribution < 1.29 is 14.3 Å². The first kappa shape index (κ1) is 18.1. The Balaban J connectivity index is 1.66. The highest BCUT2D eigenvalue weighted by molar-refractivity contribution is 8.00. The van der Waals surface area contributed by atoms with Crippen LogP contribution in [-0.2, 0) is 4.79 Å². The summed E-state index contributed by atoms with van der Waals surface area (Å²) in [4.78, 5) is 29.1. The molecule has 2 fully saturated rings. The van der Waals surface area contributed by atoms with Gasteiger partial charge in [0, 0.05) is 36.9 Å². The molecule has 0 aliphatic carbocycles. The number of hydrogen-bond acceptors (Lipinski definition) is 4. The van der Waals surface area contributed by atoms with Gasteiger partial charge in [0.15, 0.2) is 0 Å². The second kappa shape index (κ2) is 7.28. The Morgan fingerprint density at radius 2 is 1.76 bits per heavy atom. The molecule has 1 spiro atoms. The van der Waals surface area contributed by atoms with Gasteiger partial charge in [-0.2, -0.15) is 0 Å². The van der Waals surface area contributed by atoms with Gasteiger partial charge in [0.25, 0.3) is 5.91 Å². The number of rotatable bonds is 3. The summed E-state index contributed by atoms with van der Waals surface area (Å²) < 4.78 is 5.15. The quantitative estimate of drug-likeness (QED) is 0.830. The van der Waals surface area contributed by atoms with Crippen molar-refractivity contribution in [3.05, 3.63) is 29.8 Å². The van der Waals surface area contributed by atoms with Crippen LogP contribution in [-0.4, -0.2) is 59.0 Å². The van der Waals surface area contributed by atoms with Crippen molar-refractivity contribution in [2.24, 2.45) is 5.92 Å². The Hall–Kier alpha value is -1.69. The highest BCUT2D eigenvalue weighted by Gasteiger charge is 2.47. The van der Waals surface area contributed by atoms with Crippen LogP contribution in [0.15, 0.2) is 24.3 Å². The SMILES string of the molecule is COc1ccc(C(=O)N2CCC3(CC2)SCCN3C(=O)C(C)C)cc1. The minimum absolute atomic E-state index is 0.0227. The molecule has 136 valence electrons. The van der Waals surface area contributed by atoms with Crippen molar-refractivity contribution in [2.45, 2.75) is 31.6 Å². The van der Waals surface area contributed by atoms with Crippen molar-refractivity contribution in [3.8, 4) is 5.75 Å². The summed E-state index contributed by atoms with van der Waals surface area (Å²) in [7, 11) is 1.62. The predicted octanol–water partition coefficient (Wildman–Crippen LogP) is 2.86. The van der Waals surface area contributed by atoms with E-state index in [4.69, 9.17) is 4.74 Å². The zero-order valence-electron chi connectivity index (χ0n) is 15.2. The van der Waals surface area contributed by atoms with Gasteiger partial charge in [-0.15, -0.1) is 11.8 Å². The minimum atomic E-state index is -0.113. The van der Waals surface area contributed by atoms with E-state index in [0.717, 1.165) is 30.9 Å². The monoisotopic (exact) mass is 362 g/mol. The number of likely N-dealkylation sites (tertiary alicyclic amines) is 1. The first-order chi connectivity index (χ1) is 12.0. The Bertz CT molecular complexity index is 637. The number of piperidine rings is 1. The van der Waals surface area contributed by atoms with E-state index in [-0.39, 0.29) is 22.6 Å². The summed E-state index contributed by atoms with van der Waals surface area (Å²) >= 11 is 1.88. The molecule has 0 radical (unpaired) electrons. The van der Waals surface area contributed by atoms with E-state index in [1.54, 1.807) is 7.11 Å². The topological polar surface area (TPSA) is 49.9 Å². The normalized spacial score (nSPS) is 19.5. The molecule has 2 saturated heterocycles.